The molecule has 0 aromatic carbocycles. The molecule has 5 nitrogen and oxygen atoms in total. The number of allylic oxidation sites excluding steroid dienone is 2. The molecule has 0 fully saturated rings. The summed E-state index contributed by atoms with van der Waals surface area (Å²) in [5.41, 5.74) is -6.40. The van der Waals surface area contributed by atoms with Crippen molar-refractivity contribution in [2.24, 2.45) is 11.3 Å². The van der Waals surface area contributed by atoms with Gasteiger partial charge in [-0.1, -0.05) is 6.92 Å². The lowest BCUT2D eigenvalue weighted by Gasteiger charge is -2.34. The molecule has 2 atom stereocenters. The van der Waals surface area contributed by atoms with E-state index in [0.29, 0.717) is 19.1 Å². The van der Waals surface area contributed by atoms with Gasteiger partial charge < -0.3 is 8.98 Å². The van der Waals surface area contributed by atoms with Gasteiger partial charge in [-0.05, 0) is 18.9 Å². The number of rotatable bonds is 5. The minimum absolute atomic E-state index is 0.0319. The maximum atomic E-state index is 12.3. The number of halogens is 3. The molecule has 0 spiro atoms. The highest BCUT2D eigenvalue weighted by molar-refractivity contribution is 7.87. The third-order valence-electron chi connectivity index (χ3n) is 3.41. The first-order valence-electron chi connectivity index (χ1n) is 6.11. The van der Waals surface area contributed by atoms with Crippen LogP contribution >= 0.6 is 0 Å². The van der Waals surface area contributed by atoms with Crippen molar-refractivity contribution < 1.29 is 30.6 Å². The fraction of sp³-hybridized carbons (Fsp3) is 0.667. The highest BCUT2D eigenvalue weighted by Gasteiger charge is 2.49. The van der Waals surface area contributed by atoms with Gasteiger partial charge in [0.1, 0.15) is 12.0 Å². The van der Waals surface area contributed by atoms with Crippen molar-refractivity contribution in [2.45, 2.75) is 38.1 Å². The standard InChI is InChI=1S/C12H14F3NO4S/c1-11(9(8-16)4-6-17)5-2-3-10(7-11)20-21(18,19)12(13,14)15/h6-7,9H,2-5H2,1H3/t9-,11+/m0/s1. The Hall–Kier alpha value is -1.56. The van der Waals surface area contributed by atoms with Crippen LogP contribution in [0.4, 0.5) is 13.2 Å². The predicted molar refractivity (Wildman–Crippen MR) is 65.9 cm³/mol. The van der Waals surface area contributed by atoms with E-state index in [0.717, 1.165) is 0 Å². The van der Waals surface area contributed by atoms with Crippen LogP contribution in [0, 0.1) is 22.7 Å². The van der Waals surface area contributed by atoms with Gasteiger partial charge in [-0.3, -0.25) is 0 Å². The number of hydrogen-bond donors (Lipinski definition) is 0. The quantitative estimate of drug-likeness (QED) is 0.441. The maximum absolute atomic E-state index is 12.3. The van der Waals surface area contributed by atoms with Crippen LogP contribution in [-0.4, -0.2) is 20.2 Å². The van der Waals surface area contributed by atoms with E-state index in [1.807, 2.05) is 6.07 Å². The van der Waals surface area contributed by atoms with Gasteiger partial charge in [-0.15, -0.1) is 0 Å². The first-order valence-corrected chi connectivity index (χ1v) is 7.52. The summed E-state index contributed by atoms with van der Waals surface area (Å²) in [5, 5.41) is 9.05. The van der Waals surface area contributed by atoms with Crippen LogP contribution in [0.2, 0.25) is 0 Å². The SMILES string of the molecule is C[C@]1([C@H](C#N)CC=O)C=C(OS(=O)(=O)C(F)(F)F)CCC1. The molecule has 0 saturated carbocycles. The molecule has 21 heavy (non-hydrogen) atoms. The molecule has 0 saturated heterocycles. The average Bonchev–Trinajstić information content (AvgIpc) is 2.33. The molecule has 1 rings (SSSR count). The van der Waals surface area contributed by atoms with Crippen LogP contribution in [-0.2, 0) is 19.1 Å². The second kappa shape index (κ2) is 6.05. The lowest BCUT2D eigenvalue weighted by atomic mass is 9.70. The summed E-state index contributed by atoms with van der Waals surface area (Å²) in [5.74, 6) is -1.09. The van der Waals surface area contributed by atoms with E-state index in [1.165, 1.54) is 6.08 Å². The summed E-state index contributed by atoms with van der Waals surface area (Å²) in [6.07, 6.45) is 2.55. The summed E-state index contributed by atoms with van der Waals surface area (Å²) in [7, 11) is -5.71. The second-order valence-corrected chi connectivity index (χ2v) is 6.58. The Morgan fingerprint density at radius 1 is 1.57 bits per heavy atom. The number of nitriles is 1. The molecular formula is C12H14F3NO4S. The van der Waals surface area contributed by atoms with Crippen molar-refractivity contribution in [3.63, 3.8) is 0 Å². The first kappa shape index (κ1) is 17.5. The van der Waals surface area contributed by atoms with E-state index in [4.69, 9.17) is 5.26 Å². The molecule has 0 aliphatic heterocycles. The Bertz CT molecular complexity index is 576. The van der Waals surface area contributed by atoms with Crippen molar-refractivity contribution in [1.82, 2.24) is 0 Å². The summed E-state index contributed by atoms with van der Waals surface area (Å²) < 4.78 is 63.0. The normalized spacial score (nSPS) is 24.6. The van der Waals surface area contributed by atoms with Gasteiger partial charge in [0.05, 0.1) is 12.0 Å². The number of carbonyl (C=O) groups excluding carboxylic acids is 1. The fourth-order valence-electron chi connectivity index (χ4n) is 2.25. The Morgan fingerprint density at radius 3 is 2.67 bits per heavy atom. The predicted octanol–water partition coefficient (Wildman–Crippen LogP) is 2.66. The summed E-state index contributed by atoms with van der Waals surface area (Å²) >= 11 is 0. The molecule has 0 aromatic heterocycles. The van der Waals surface area contributed by atoms with Crippen LogP contribution in [0.1, 0.15) is 32.6 Å². The molecule has 1 aliphatic carbocycles. The van der Waals surface area contributed by atoms with E-state index in [1.54, 1.807) is 6.92 Å². The van der Waals surface area contributed by atoms with Gasteiger partial charge in [-0.25, -0.2) is 0 Å². The van der Waals surface area contributed by atoms with E-state index in [-0.39, 0.29) is 18.6 Å². The smallest absolute Gasteiger partial charge is 0.381 e. The number of hydrogen-bond acceptors (Lipinski definition) is 5. The Kier molecular flexibility index (Phi) is 5.04. The number of carbonyl (C=O) groups is 1. The van der Waals surface area contributed by atoms with Crippen molar-refractivity contribution >= 4 is 16.4 Å². The van der Waals surface area contributed by atoms with Gasteiger partial charge >= 0.3 is 15.6 Å². The molecule has 0 heterocycles. The van der Waals surface area contributed by atoms with Crippen LogP contribution in [0.5, 0.6) is 0 Å². The maximum Gasteiger partial charge on any atom is 0.534 e. The zero-order valence-corrected chi connectivity index (χ0v) is 12.0. The van der Waals surface area contributed by atoms with E-state index in [9.17, 15) is 26.4 Å². The van der Waals surface area contributed by atoms with Gasteiger partial charge in [0, 0.05) is 18.3 Å². The fourth-order valence-corrected chi connectivity index (χ4v) is 2.76. The van der Waals surface area contributed by atoms with Crippen molar-refractivity contribution in [1.29, 1.82) is 5.26 Å². The van der Waals surface area contributed by atoms with Crippen LogP contribution in [0.15, 0.2) is 11.8 Å². The van der Waals surface area contributed by atoms with Crippen molar-refractivity contribution in [3.8, 4) is 6.07 Å². The molecule has 0 amide bonds. The summed E-state index contributed by atoms with van der Waals surface area (Å²) in [4.78, 5) is 10.6. The van der Waals surface area contributed by atoms with Crippen molar-refractivity contribution in [3.05, 3.63) is 11.8 Å². The van der Waals surface area contributed by atoms with E-state index >= 15 is 0 Å². The van der Waals surface area contributed by atoms with Gasteiger partial charge in [0.25, 0.3) is 0 Å². The molecule has 118 valence electrons. The molecule has 1 aliphatic rings. The summed E-state index contributed by atoms with van der Waals surface area (Å²) in [6.45, 7) is 1.59. The molecule has 0 radical (unpaired) electrons. The van der Waals surface area contributed by atoms with Gasteiger partial charge in [-0.2, -0.15) is 26.9 Å². The Labute approximate surface area is 120 Å². The minimum atomic E-state index is -5.71. The van der Waals surface area contributed by atoms with Gasteiger partial charge in [0.15, 0.2) is 0 Å². The van der Waals surface area contributed by atoms with E-state index in [2.05, 4.69) is 4.18 Å². The van der Waals surface area contributed by atoms with Crippen LogP contribution in [0.25, 0.3) is 0 Å². The molecule has 0 N–H and O–H groups in total. The average molecular weight is 325 g/mol. The zero-order valence-electron chi connectivity index (χ0n) is 11.2. The summed E-state index contributed by atoms with van der Waals surface area (Å²) in [6, 6.07) is 1.92. The minimum Gasteiger partial charge on any atom is -0.381 e. The molecule has 0 bridgehead atoms. The Morgan fingerprint density at radius 2 is 2.19 bits per heavy atom. The van der Waals surface area contributed by atoms with Crippen molar-refractivity contribution in [2.75, 3.05) is 0 Å². The topological polar surface area (TPSA) is 84.2 Å². The van der Waals surface area contributed by atoms with Crippen LogP contribution in [0.3, 0.4) is 0 Å². The number of alkyl halides is 3. The number of aldehydes is 1. The molecular weight excluding hydrogens is 311 g/mol. The highest BCUT2D eigenvalue weighted by Crippen LogP contribution is 2.42. The molecule has 0 aromatic rings. The van der Waals surface area contributed by atoms with E-state index < -0.39 is 27.0 Å². The lowest BCUT2D eigenvalue weighted by molar-refractivity contribution is -0.108. The second-order valence-electron chi connectivity index (χ2n) is 5.04. The largest absolute Gasteiger partial charge is 0.534 e. The molecule has 9 heteroatoms. The highest BCUT2D eigenvalue weighted by atomic mass is 32.2. The molecule has 0 unspecified atom stereocenters. The lowest BCUT2D eigenvalue weighted by Crippen LogP contribution is -2.30. The number of nitrogens with zero attached hydrogens (tertiary/aromatic N) is 1. The monoisotopic (exact) mass is 325 g/mol. The van der Waals surface area contributed by atoms with Gasteiger partial charge in [0.2, 0.25) is 0 Å². The Balaban J connectivity index is 3.06. The first-order chi connectivity index (χ1) is 9.55. The zero-order chi connectivity index (χ0) is 16.3. The third kappa shape index (κ3) is 3.97. The third-order valence-corrected chi connectivity index (χ3v) is 4.41. The van der Waals surface area contributed by atoms with Crippen LogP contribution < -0.4 is 0 Å².